The van der Waals surface area contributed by atoms with Gasteiger partial charge in [-0.2, -0.15) is 0 Å². The summed E-state index contributed by atoms with van der Waals surface area (Å²) in [4.78, 5) is 2.42. The molecule has 0 aromatic heterocycles. The Labute approximate surface area is 155 Å². The monoisotopic (exact) mass is 343 g/mol. The zero-order chi connectivity index (χ0) is 17.8. The lowest BCUT2D eigenvalue weighted by Gasteiger charge is -2.35. The molecule has 1 aliphatic heterocycles. The maximum atomic E-state index is 10.8. The van der Waals surface area contributed by atoms with Gasteiger partial charge in [-0.25, -0.2) is 0 Å². The number of rotatable bonds is 4. The third-order valence-electron chi connectivity index (χ3n) is 5.47. The lowest BCUT2D eigenvalue weighted by molar-refractivity contribution is 0.0930. The first-order valence-electron chi connectivity index (χ1n) is 9.45. The van der Waals surface area contributed by atoms with Crippen LogP contribution < -0.4 is 4.90 Å². The van der Waals surface area contributed by atoms with Gasteiger partial charge >= 0.3 is 0 Å². The molecule has 0 aliphatic carbocycles. The Hall–Kier alpha value is -2.58. The Bertz CT molecular complexity index is 806. The molecule has 2 nitrogen and oxygen atoms in total. The van der Waals surface area contributed by atoms with E-state index < -0.39 is 0 Å². The fraction of sp³-hybridized carbons (Fsp3) is 0.250. The summed E-state index contributed by atoms with van der Waals surface area (Å²) in [5, 5.41) is 10.8. The van der Waals surface area contributed by atoms with Gasteiger partial charge in [0, 0.05) is 18.8 Å². The molecule has 0 radical (unpaired) electrons. The van der Waals surface area contributed by atoms with Gasteiger partial charge in [0.1, 0.15) is 0 Å². The molecule has 3 aromatic carbocycles. The van der Waals surface area contributed by atoms with Gasteiger partial charge < -0.3 is 10.0 Å². The number of nitrogens with zero attached hydrogens (tertiary/aromatic N) is 1. The number of hydrogen-bond donors (Lipinski definition) is 1. The van der Waals surface area contributed by atoms with E-state index in [-0.39, 0.29) is 6.10 Å². The van der Waals surface area contributed by atoms with E-state index in [4.69, 9.17) is 0 Å². The van der Waals surface area contributed by atoms with Crippen LogP contribution in [0.5, 0.6) is 0 Å². The minimum atomic E-state index is -0.377. The highest BCUT2D eigenvalue weighted by Crippen LogP contribution is 2.33. The van der Waals surface area contributed by atoms with E-state index in [9.17, 15) is 5.11 Å². The van der Waals surface area contributed by atoms with Crippen LogP contribution in [0, 0.1) is 5.92 Å². The molecule has 0 spiro atoms. The highest BCUT2D eigenvalue weighted by Gasteiger charge is 2.26. The third-order valence-corrected chi connectivity index (χ3v) is 5.47. The van der Waals surface area contributed by atoms with Crippen LogP contribution in [-0.2, 0) is 0 Å². The first kappa shape index (κ1) is 16.9. The van der Waals surface area contributed by atoms with Gasteiger partial charge in [-0.1, -0.05) is 72.8 Å². The van der Waals surface area contributed by atoms with Gasteiger partial charge in [0.25, 0.3) is 0 Å². The molecule has 1 heterocycles. The van der Waals surface area contributed by atoms with Crippen LogP contribution >= 0.6 is 0 Å². The molecule has 132 valence electrons. The molecule has 1 aliphatic rings. The minimum absolute atomic E-state index is 0.331. The summed E-state index contributed by atoms with van der Waals surface area (Å²) >= 11 is 0. The summed E-state index contributed by atoms with van der Waals surface area (Å²) < 4.78 is 0. The molecule has 1 fully saturated rings. The maximum Gasteiger partial charge on any atom is 0.0819 e. The van der Waals surface area contributed by atoms with Crippen LogP contribution in [0.1, 0.15) is 24.5 Å². The number of piperidine rings is 1. The highest BCUT2D eigenvalue weighted by molar-refractivity contribution is 5.63. The normalized spacial score (nSPS) is 16.4. The van der Waals surface area contributed by atoms with Crippen molar-refractivity contribution in [1.29, 1.82) is 0 Å². The Morgan fingerprint density at radius 1 is 0.692 bits per heavy atom. The minimum Gasteiger partial charge on any atom is -0.388 e. The fourth-order valence-electron chi connectivity index (χ4n) is 3.89. The second-order valence-electron chi connectivity index (χ2n) is 7.09. The smallest absolute Gasteiger partial charge is 0.0819 e. The predicted octanol–water partition coefficient (Wildman–Crippen LogP) is 5.30. The Morgan fingerprint density at radius 2 is 1.23 bits per heavy atom. The number of aliphatic hydroxyl groups is 1. The van der Waals surface area contributed by atoms with Gasteiger partial charge in [0.15, 0.2) is 0 Å². The summed E-state index contributed by atoms with van der Waals surface area (Å²) in [6.07, 6.45) is 1.67. The Kier molecular flexibility index (Phi) is 5.03. The molecule has 1 unspecified atom stereocenters. The zero-order valence-electron chi connectivity index (χ0n) is 15.0. The second kappa shape index (κ2) is 7.76. The highest BCUT2D eigenvalue weighted by atomic mass is 16.3. The van der Waals surface area contributed by atoms with Crippen molar-refractivity contribution < 1.29 is 5.11 Å². The van der Waals surface area contributed by atoms with Crippen LogP contribution in [0.3, 0.4) is 0 Å². The van der Waals surface area contributed by atoms with E-state index in [1.807, 2.05) is 6.07 Å². The lowest BCUT2D eigenvalue weighted by Crippen LogP contribution is -2.35. The number of anilines is 1. The summed E-state index contributed by atoms with van der Waals surface area (Å²) in [5.41, 5.74) is 4.72. The fourth-order valence-corrected chi connectivity index (χ4v) is 3.89. The van der Waals surface area contributed by atoms with Gasteiger partial charge in [0.05, 0.1) is 6.10 Å². The molecule has 0 bridgehead atoms. The molecular weight excluding hydrogens is 318 g/mol. The van der Waals surface area contributed by atoms with Crippen LogP contribution in [-0.4, -0.2) is 18.2 Å². The summed E-state index contributed by atoms with van der Waals surface area (Å²) in [7, 11) is 0. The molecule has 0 saturated carbocycles. The SMILES string of the molecule is OC(c1ccc(-c2ccccc2)cc1)C1CCN(c2ccccc2)CC1. The average Bonchev–Trinajstić information content (AvgIpc) is 2.75. The van der Waals surface area contributed by atoms with Crippen LogP contribution in [0.25, 0.3) is 11.1 Å². The van der Waals surface area contributed by atoms with Crippen LogP contribution in [0.15, 0.2) is 84.9 Å². The zero-order valence-corrected chi connectivity index (χ0v) is 15.0. The standard InChI is InChI=1S/C24H25NO/c26-24(21-13-11-20(12-14-21)19-7-3-1-4-8-19)22-15-17-25(18-16-22)23-9-5-2-6-10-23/h1-14,22,24,26H,15-18H2. The van der Waals surface area contributed by atoms with E-state index in [0.29, 0.717) is 5.92 Å². The second-order valence-corrected chi connectivity index (χ2v) is 7.09. The molecule has 3 aromatic rings. The predicted molar refractivity (Wildman–Crippen MR) is 108 cm³/mol. The lowest BCUT2D eigenvalue weighted by atomic mass is 9.87. The van der Waals surface area contributed by atoms with E-state index in [1.165, 1.54) is 16.8 Å². The van der Waals surface area contributed by atoms with Gasteiger partial charge in [-0.15, -0.1) is 0 Å². The van der Waals surface area contributed by atoms with Gasteiger partial charge in [0.2, 0.25) is 0 Å². The molecule has 1 N–H and O–H groups in total. The largest absolute Gasteiger partial charge is 0.388 e. The summed E-state index contributed by atoms with van der Waals surface area (Å²) in [6.45, 7) is 2.02. The number of aliphatic hydroxyl groups excluding tert-OH is 1. The van der Waals surface area contributed by atoms with E-state index in [1.54, 1.807) is 0 Å². The molecule has 26 heavy (non-hydrogen) atoms. The Balaban J connectivity index is 1.40. The first-order valence-corrected chi connectivity index (χ1v) is 9.45. The molecule has 4 rings (SSSR count). The molecule has 2 heteroatoms. The Morgan fingerprint density at radius 3 is 1.85 bits per heavy atom. The molecule has 0 amide bonds. The molecule has 1 saturated heterocycles. The first-order chi connectivity index (χ1) is 12.8. The van der Waals surface area contributed by atoms with Crippen LogP contribution in [0.2, 0.25) is 0 Å². The quantitative estimate of drug-likeness (QED) is 0.694. The topological polar surface area (TPSA) is 23.5 Å². The molecular formula is C24H25NO. The molecule has 1 atom stereocenters. The third kappa shape index (κ3) is 3.66. The van der Waals surface area contributed by atoms with Gasteiger partial charge in [-0.05, 0) is 47.6 Å². The van der Waals surface area contributed by atoms with E-state index in [2.05, 4.69) is 83.8 Å². The maximum absolute atomic E-state index is 10.8. The van der Waals surface area contributed by atoms with Crippen molar-refractivity contribution in [1.82, 2.24) is 0 Å². The summed E-state index contributed by atoms with van der Waals surface area (Å²) in [5.74, 6) is 0.331. The van der Waals surface area contributed by atoms with Crippen LogP contribution in [0.4, 0.5) is 5.69 Å². The van der Waals surface area contributed by atoms with Gasteiger partial charge in [-0.3, -0.25) is 0 Å². The van der Waals surface area contributed by atoms with Crippen molar-refractivity contribution in [2.45, 2.75) is 18.9 Å². The van der Waals surface area contributed by atoms with Crippen molar-refractivity contribution in [3.8, 4) is 11.1 Å². The number of benzene rings is 3. The van der Waals surface area contributed by atoms with Crippen molar-refractivity contribution in [2.24, 2.45) is 5.92 Å². The van der Waals surface area contributed by atoms with Crippen molar-refractivity contribution >= 4 is 5.69 Å². The van der Waals surface area contributed by atoms with Crippen molar-refractivity contribution in [3.63, 3.8) is 0 Å². The average molecular weight is 343 g/mol. The number of hydrogen-bond acceptors (Lipinski definition) is 2. The summed E-state index contributed by atoms with van der Waals surface area (Å²) in [6, 6.07) is 29.3. The van der Waals surface area contributed by atoms with Crippen molar-refractivity contribution in [2.75, 3.05) is 18.0 Å². The number of para-hydroxylation sites is 1. The van der Waals surface area contributed by atoms with E-state index in [0.717, 1.165) is 31.5 Å². The van der Waals surface area contributed by atoms with E-state index >= 15 is 0 Å². The van der Waals surface area contributed by atoms with Crippen molar-refractivity contribution in [3.05, 3.63) is 90.5 Å².